The molecule has 0 saturated heterocycles. The summed E-state index contributed by atoms with van der Waals surface area (Å²) >= 11 is 0. The smallest absolute Gasteiger partial charge is 0.415 e. The fraction of sp³-hybridized carbons (Fsp3) is 0.643. The number of aromatic amines is 1. The third kappa shape index (κ3) is 3.60. The molecule has 134 valence electrons. The van der Waals surface area contributed by atoms with Gasteiger partial charge in [0.2, 0.25) is 5.95 Å². The van der Waals surface area contributed by atoms with E-state index in [0.29, 0.717) is 0 Å². The lowest BCUT2D eigenvalue weighted by Crippen LogP contribution is -2.58. The second kappa shape index (κ2) is 6.29. The Morgan fingerprint density at radius 2 is 2.08 bits per heavy atom. The zero-order valence-electron chi connectivity index (χ0n) is 14.0. The number of ether oxygens (including phenoxy) is 1. The molecular formula is C14H23N5O5. The summed E-state index contributed by atoms with van der Waals surface area (Å²) in [5.41, 5.74) is 3.94. The number of hydrogen-bond donors (Lipinski definition) is 5. The molecule has 1 unspecified atom stereocenters. The zero-order valence-corrected chi connectivity index (χ0v) is 14.0. The highest BCUT2D eigenvalue weighted by Gasteiger charge is 2.41. The van der Waals surface area contributed by atoms with Crippen LogP contribution in [-0.4, -0.2) is 56.7 Å². The van der Waals surface area contributed by atoms with Gasteiger partial charge in [0, 0.05) is 6.54 Å². The molecule has 0 aliphatic carbocycles. The summed E-state index contributed by atoms with van der Waals surface area (Å²) in [7, 11) is 0. The molecule has 10 nitrogen and oxygen atoms in total. The molecule has 6 N–H and O–H groups in total. The SMILES string of the molecule is C[C@H](O)[C@H](O)C1CNc2nc(N)[nH]c(=O)c2N1C(=O)OC(C)(C)C. The average molecular weight is 341 g/mol. The molecule has 1 aliphatic heterocycles. The van der Waals surface area contributed by atoms with Crippen LogP contribution in [0.25, 0.3) is 0 Å². The fourth-order valence-corrected chi connectivity index (χ4v) is 2.42. The number of fused-ring (bicyclic) bond motifs is 1. The molecule has 1 aromatic rings. The minimum atomic E-state index is -1.30. The molecule has 2 rings (SSSR count). The summed E-state index contributed by atoms with van der Waals surface area (Å²) in [4.78, 5) is 32.2. The average Bonchev–Trinajstić information content (AvgIpc) is 2.43. The number of nitrogens with zero attached hydrogens (tertiary/aromatic N) is 2. The number of amides is 1. The summed E-state index contributed by atoms with van der Waals surface area (Å²) in [6.07, 6.45) is -3.24. The molecule has 2 heterocycles. The van der Waals surface area contributed by atoms with Crippen LogP contribution in [0.4, 0.5) is 22.2 Å². The molecule has 24 heavy (non-hydrogen) atoms. The number of H-pyrrole nitrogens is 1. The van der Waals surface area contributed by atoms with Crippen molar-refractivity contribution in [2.45, 2.75) is 51.5 Å². The van der Waals surface area contributed by atoms with Crippen molar-refractivity contribution in [1.82, 2.24) is 9.97 Å². The molecule has 0 radical (unpaired) electrons. The number of anilines is 3. The van der Waals surface area contributed by atoms with Gasteiger partial charge in [0.25, 0.3) is 5.56 Å². The van der Waals surface area contributed by atoms with E-state index in [2.05, 4.69) is 15.3 Å². The summed E-state index contributed by atoms with van der Waals surface area (Å²) in [6, 6.07) is -0.918. The van der Waals surface area contributed by atoms with Gasteiger partial charge < -0.3 is 26.0 Å². The first-order chi connectivity index (χ1) is 11.0. The normalized spacial score (nSPS) is 19.9. The molecule has 1 aromatic heterocycles. The molecule has 0 saturated carbocycles. The topological polar surface area (TPSA) is 154 Å². The largest absolute Gasteiger partial charge is 0.443 e. The van der Waals surface area contributed by atoms with Crippen molar-refractivity contribution < 1.29 is 19.7 Å². The zero-order chi connectivity index (χ0) is 18.2. The highest BCUT2D eigenvalue weighted by Crippen LogP contribution is 2.30. The minimum absolute atomic E-state index is 0.0637. The van der Waals surface area contributed by atoms with Gasteiger partial charge in [0.05, 0.1) is 12.1 Å². The summed E-state index contributed by atoms with van der Waals surface area (Å²) in [5.74, 6) is 0.000987. The van der Waals surface area contributed by atoms with Crippen LogP contribution in [0, 0.1) is 0 Å². The number of aliphatic hydroxyl groups excluding tert-OH is 2. The van der Waals surface area contributed by atoms with Gasteiger partial charge in [-0.3, -0.25) is 14.7 Å². The lowest BCUT2D eigenvalue weighted by atomic mass is 10.0. The number of aromatic nitrogens is 2. The second-order valence-corrected chi connectivity index (χ2v) is 6.68. The van der Waals surface area contributed by atoms with E-state index in [-0.39, 0.29) is 24.0 Å². The first-order valence-electron chi connectivity index (χ1n) is 7.53. The van der Waals surface area contributed by atoms with Crippen molar-refractivity contribution >= 4 is 23.5 Å². The Bertz CT molecular complexity index is 681. The standard InChI is InChI=1S/C14H23N5O5/c1-6(20)9(21)7-5-16-10-8(11(22)18-12(15)17-10)19(7)13(23)24-14(2,3)4/h6-7,9,20-21H,5H2,1-4H3,(H4,15,16,17,18,22)/t6-,7?,9-/m0/s1. The van der Waals surface area contributed by atoms with Gasteiger partial charge in [-0.1, -0.05) is 0 Å². The van der Waals surface area contributed by atoms with E-state index in [1.165, 1.54) is 6.92 Å². The maximum absolute atomic E-state index is 12.6. The third-order valence-corrected chi connectivity index (χ3v) is 3.44. The number of rotatable bonds is 2. The highest BCUT2D eigenvalue weighted by atomic mass is 16.6. The van der Waals surface area contributed by atoms with Gasteiger partial charge in [-0.05, 0) is 27.7 Å². The first kappa shape index (κ1) is 18.0. The van der Waals surface area contributed by atoms with E-state index < -0.39 is 35.5 Å². The molecule has 3 atom stereocenters. The molecule has 0 spiro atoms. The number of nitrogens with one attached hydrogen (secondary N) is 2. The quantitative estimate of drug-likeness (QED) is 0.488. The second-order valence-electron chi connectivity index (χ2n) is 6.68. The Balaban J connectivity index is 2.53. The number of carbonyl (C=O) groups excluding carboxylic acids is 1. The Morgan fingerprint density at radius 1 is 1.46 bits per heavy atom. The van der Waals surface area contributed by atoms with Gasteiger partial charge in [-0.15, -0.1) is 0 Å². The van der Waals surface area contributed by atoms with Gasteiger partial charge in [-0.2, -0.15) is 4.98 Å². The van der Waals surface area contributed by atoms with Gasteiger partial charge in [0.1, 0.15) is 11.7 Å². The predicted molar refractivity (Wildman–Crippen MR) is 87.9 cm³/mol. The lowest BCUT2D eigenvalue weighted by molar-refractivity contribution is 0.00978. The van der Waals surface area contributed by atoms with Crippen LogP contribution in [0.2, 0.25) is 0 Å². The van der Waals surface area contributed by atoms with E-state index in [1.807, 2.05) is 0 Å². The third-order valence-electron chi connectivity index (χ3n) is 3.44. The minimum Gasteiger partial charge on any atom is -0.443 e. The molecule has 0 bridgehead atoms. The maximum atomic E-state index is 12.6. The van der Waals surface area contributed by atoms with Crippen molar-refractivity contribution in [2.75, 3.05) is 22.5 Å². The highest BCUT2D eigenvalue weighted by molar-refractivity contribution is 5.93. The van der Waals surface area contributed by atoms with E-state index in [4.69, 9.17) is 10.5 Å². The molecule has 0 aromatic carbocycles. The summed E-state index contributed by atoms with van der Waals surface area (Å²) in [6.45, 7) is 6.49. The monoisotopic (exact) mass is 341 g/mol. The lowest BCUT2D eigenvalue weighted by Gasteiger charge is -2.39. The molecule has 10 heteroatoms. The van der Waals surface area contributed by atoms with Gasteiger partial charge in [-0.25, -0.2) is 4.79 Å². The van der Waals surface area contributed by atoms with Crippen molar-refractivity contribution in [1.29, 1.82) is 0 Å². The molecular weight excluding hydrogens is 318 g/mol. The number of carbonyl (C=O) groups is 1. The van der Waals surface area contributed by atoms with Crippen LogP contribution in [0.3, 0.4) is 0 Å². The maximum Gasteiger partial charge on any atom is 0.415 e. The van der Waals surface area contributed by atoms with E-state index in [9.17, 15) is 19.8 Å². The van der Waals surface area contributed by atoms with Crippen LogP contribution in [0.5, 0.6) is 0 Å². The van der Waals surface area contributed by atoms with Crippen molar-refractivity contribution in [3.05, 3.63) is 10.4 Å². The Labute approximate surface area is 138 Å². The van der Waals surface area contributed by atoms with Crippen LogP contribution in [-0.2, 0) is 4.74 Å². The van der Waals surface area contributed by atoms with E-state index in [0.717, 1.165) is 4.90 Å². The molecule has 0 fully saturated rings. The Hall–Kier alpha value is -2.33. The molecule has 1 aliphatic rings. The fourth-order valence-electron chi connectivity index (χ4n) is 2.42. The van der Waals surface area contributed by atoms with Crippen LogP contribution in [0.15, 0.2) is 4.79 Å². The van der Waals surface area contributed by atoms with Crippen molar-refractivity contribution in [3.8, 4) is 0 Å². The number of nitrogens with two attached hydrogens (primary N) is 1. The summed E-state index contributed by atoms with van der Waals surface area (Å²) < 4.78 is 5.33. The van der Waals surface area contributed by atoms with Crippen LogP contribution in [0.1, 0.15) is 27.7 Å². The Kier molecular flexibility index (Phi) is 4.72. The van der Waals surface area contributed by atoms with Crippen molar-refractivity contribution in [2.24, 2.45) is 0 Å². The van der Waals surface area contributed by atoms with Gasteiger partial charge >= 0.3 is 6.09 Å². The van der Waals surface area contributed by atoms with Crippen LogP contribution < -0.4 is 21.5 Å². The number of hydrogen-bond acceptors (Lipinski definition) is 8. The number of aliphatic hydroxyl groups is 2. The van der Waals surface area contributed by atoms with E-state index >= 15 is 0 Å². The predicted octanol–water partition coefficient (Wildman–Crippen LogP) is -0.371. The first-order valence-corrected chi connectivity index (χ1v) is 7.53. The van der Waals surface area contributed by atoms with Crippen LogP contribution >= 0.6 is 0 Å². The Morgan fingerprint density at radius 3 is 2.62 bits per heavy atom. The van der Waals surface area contributed by atoms with Gasteiger partial charge in [0.15, 0.2) is 11.5 Å². The van der Waals surface area contributed by atoms with E-state index in [1.54, 1.807) is 20.8 Å². The van der Waals surface area contributed by atoms with Crippen molar-refractivity contribution in [3.63, 3.8) is 0 Å². The number of nitrogen functional groups attached to an aromatic ring is 1. The summed E-state index contributed by atoms with van der Waals surface area (Å²) in [5, 5.41) is 22.8. The molecule has 1 amide bonds.